The van der Waals surface area contributed by atoms with Crippen molar-refractivity contribution in [2.24, 2.45) is 0 Å². The Balaban J connectivity index is 1.95. The van der Waals surface area contributed by atoms with Gasteiger partial charge in [-0.25, -0.2) is 0 Å². The van der Waals surface area contributed by atoms with Crippen LogP contribution in [0.25, 0.3) is 11.0 Å². The van der Waals surface area contributed by atoms with Gasteiger partial charge in [-0.2, -0.15) is 0 Å². The third-order valence-electron chi connectivity index (χ3n) is 3.81. The number of carbonyl (C=O) groups excluding carboxylic acids is 1. The lowest BCUT2D eigenvalue weighted by atomic mass is 10.1. The Labute approximate surface area is 126 Å². The molecule has 0 aliphatic carbocycles. The van der Waals surface area contributed by atoms with E-state index in [9.17, 15) is 14.4 Å². The first-order chi connectivity index (χ1) is 10.4. The Morgan fingerprint density at radius 3 is 2.27 bits per heavy atom. The first-order valence-electron chi connectivity index (χ1n) is 7.26. The van der Waals surface area contributed by atoms with Crippen molar-refractivity contribution in [3.05, 3.63) is 44.5 Å². The second-order valence-corrected chi connectivity index (χ2v) is 5.85. The highest BCUT2D eigenvalue weighted by Crippen LogP contribution is 2.14. The average Bonchev–Trinajstić information content (AvgIpc) is 2.46. The van der Waals surface area contributed by atoms with Gasteiger partial charge in [0.25, 0.3) is 5.91 Å². The Hall–Kier alpha value is -2.41. The Kier molecular flexibility index (Phi) is 3.58. The molecule has 0 radical (unpaired) electrons. The monoisotopic (exact) mass is 302 g/mol. The zero-order chi connectivity index (χ0) is 15.9. The molecule has 2 atom stereocenters. The Morgan fingerprint density at radius 2 is 1.64 bits per heavy atom. The van der Waals surface area contributed by atoms with Crippen LogP contribution in [-0.2, 0) is 0 Å². The first kappa shape index (κ1) is 14.5. The minimum atomic E-state index is -0.721. The smallest absolute Gasteiger partial charge is 0.314 e. The molecule has 0 saturated carbocycles. The van der Waals surface area contributed by atoms with E-state index in [1.807, 2.05) is 13.8 Å². The minimum absolute atomic E-state index is 0.0749. The molecule has 2 heterocycles. The number of rotatable bonds is 1. The summed E-state index contributed by atoms with van der Waals surface area (Å²) in [5.41, 5.74) is 0.0317. The van der Waals surface area contributed by atoms with Gasteiger partial charge >= 0.3 is 11.1 Å². The van der Waals surface area contributed by atoms with Crippen molar-refractivity contribution in [3.8, 4) is 0 Å². The van der Waals surface area contributed by atoms with Crippen molar-refractivity contribution >= 4 is 16.9 Å². The third-order valence-corrected chi connectivity index (χ3v) is 3.81. The molecule has 7 heteroatoms. The lowest BCUT2D eigenvalue weighted by molar-refractivity contribution is 0.0674. The molecule has 1 aliphatic rings. The number of hydrogen-bond acceptors (Lipinski definition) is 4. The van der Waals surface area contributed by atoms with E-state index in [0.29, 0.717) is 29.7 Å². The van der Waals surface area contributed by atoms with Crippen LogP contribution in [-0.4, -0.2) is 45.9 Å². The van der Waals surface area contributed by atoms with Gasteiger partial charge in [-0.15, -0.1) is 0 Å². The maximum atomic E-state index is 12.6. The second kappa shape index (κ2) is 5.42. The number of benzene rings is 1. The van der Waals surface area contributed by atoms with Crippen LogP contribution in [0.1, 0.15) is 24.2 Å². The fourth-order valence-corrected chi connectivity index (χ4v) is 2.92. The van der Waals surface area contributed by atoms with E-state index >= 15 is 0 Å². The number of aromatic nitrogens is 2. The van der Waals surface area contributed by atoms with E-state index in [1.165, 1.54) is 0 Å². The van der Waals surface area contributed by atoms with Gasteiger partial charge in [0, 0.05) is 30.7 Å². The molecule has 116 valence electrons. The van der Waals surface area contributed by atoms with Crippen LogP contribution in [0.5, 0.6) is 0 Å². The molecule has 0 spiro atoms. The minimum Gasteiger partial charge on any atom is -0.336 e. The standard InChI is InChI=1S/C15H18N4O3/c1-8-6-19(7-9(2)16-8)15(22)10-3-4-11-12(5-10)18-14(21)13(20)17-11/h3-5,8-9,16H,6-7H2,1-2H3,(H,17,20)(H,18,21). The van der Waals surface area contributed by atoms with Crippen LogP contribution >= 0.6 is 0 Å². The molecular weight excluding hydrogens is 284 g/mol. The van der Waals surface area contributed by atoms with Crippen LogP contribution < -0.4 is 16.4 Å². The number of fused-ring (bicyclic) bond motifs is 1. The van der Waals surface area contributed by atoms with Crippen LogP contribution in [0.2, 0.25) is 0 Å². The number of carbonyl (C=O) groups is 1. The molecule has 1 aromatic heterocycles. The lowest BCUT2D eigenvalue weighted by Crippen LogP contribution is -2.55. The van der Waals surface area contributed by atoms with Crippen molar-refractivity contribution in [1.82, 2.24) is 20.2 Å². The maximum absolute atomic E-state index is 12.6. The molecule has 3 N–H and O–H groups in total. The molecule has 1 aliphatic heterocycles. The third kappa shape index (κ3) is 2.67. The number of piperazine rings is 1. The molecular formula is C15H18N4O3. The summed E-state index contributed by atoms with van der Waals surface area (Å²) in [6.07, 6.45) is 0. The molecule has 7 nitrogen and oxygen atoms in total. The molecule has 1 aromatic carbocycles. The number of H-pyrrole nitrogens is 2. The highest BCUT2D eigenvalue weighted by Gasteiger charge is 2.25. The zero-order valence-corrected chi connectivity index (χ0v) is 12.5. The number of aromatic amines is 2. The van der Waals surface area contributed by atoms with E-state index in [1.54, 1.807) is 23.1 Å². The summed E-state index contributed by atoms with van der Waals surface area (Å²) >= 11 is 0. The van der Waals surface area contributed by atoms with E-state index in [4.69, 9.17) is 0 Å². The van der Waals surface area contributed by atoms with Crippen molar-refractivity contribution in [2.45, 2.75) is 25.9 Å². The van der Waals surface area contributed by atoms with Crippen molar-refractivity contribution in [2.75, 3.05) is 13.1 Å². The number of amides is 1. The molecule has 0 bridgehead atoms. The van der Waals surface area contributed by atoms with E-state index in [2.05, 4.69) is 15.3 Å². The number of hydrogen-bond donors (Lipinski definition) is 3. The summed E-state index contributed by atoms with van der Waals surface area (Å²) in [6.45, 7) is 5.36. The molecule has 1 amide bonds. The summed E-state index contributed by atoms with van der Waals surface area (Å²) in [6, 6.07) is 5.38. The molecule has 2 unspecified atom stereocenters. The van der Waals surface area contributed by atoms with Gasteiger partial charge < -0.3 is 20.2 Å². The highest BCUT2D eigenvalue weighted by molar-refractivity contribution is 5.97. The van der Waals surface area contributed by atoms with Gasteiger partial charge in [0.05, 0.1) is 11.0 Å². The van der Waals surface area contributed by atoms with Crippen LogP contribution in [0.4, 0.5) is 0 Å². The van der Waals surface area contributed by atoms with Gasteiger partial charge in [0.15, 0.2) is 0 Å². The van der Waals surface area contributed by atoms with Crippen molar-refractivity contribution in [3.63, 3.8) is 0 Å². The number of nitrogens with one attached hydrogen (secondary N) is 3. The van der Waals surface area contributed by atoms with Gasteiger partial charge in [-0.05, 0) is 32.0 Å². The van der Waals surface area contributed by atoms with Gasteiger partial charge in [0.2, 0.25) is 0 Å². The van der Waals surface area contributed by atoms with Crippen LogP contribution in [0, 0.1) is 0 Å². The summed E-state index contributed by atoms with van der Waals surface area (Å²) in [7, 11) is 0. The predicted octanol–water partition coefficient (Wildman–Crippen LogP) is 0.0388. The zero-order valence-electron chi connectivity index (χ0n) is 12.5. The summed E-state index contributed by atoms with van der Waals surface area (Å²) in [4.78, 5) is 42.1. The van der Waals surface area contributed by atoms with E-state index in [-0.39, 0.29) is 18.0 Å². The Bertz CT molecular complexity index is 829. The summed E-state index contributed by atoms with van der Waals surface area (Å²) in [5, 5.41) is 3.38. The molecule has 3 rings (SSSR count). The fraction of sp³-hybridized carbons (Fsp3) is 0.400. The van der Waals surface area contributed by atoms with Crippen molar-refractivity contribution < 1.29 is 4.79 Å². The SMILES string of the molecule is CC1CN(C(=O)c2ccc3[nH]c(=O)c(=O)[nH]c3c2)CC(C)N1. The fourth-order valence-electron chi connectivity index (χ4n) is 2.92. The highest BCUT2D eigenvalue weighted by atomic mass is 16.2. The topological polar surface area (TPSA) is 98.1 Å². The van der Waals surface area contributed by atoms with Gasteiger partial charge in [0.1, 0.15) is 0 Å². The molecule has 1 fully saturated rings. The first-order valence-corrected chi connectivity index (χ1v) is 7.26. The summed E-state index contributed by atoms with van der Waals surface area (Å²) in [5.74, 6) is -0.0749. The van der Waals surface area contributed by atoms with Crippen LogP contribution in [0.3, 0.4) is 0 Å². The van der Waals surface area contributed by atoms with Gasteiger partial charge in [-0.1, -0.05) is 0 Å². The molecule has 2 aromatic rings. The average molecular weight is 302 g/mol. The predicted molar refractivity (Wildman–Crippen MR) is 83.2 cm³/mol. The maximum Gasteiger partial charge on any atom is 0.314 e. The molecule has 1 saturated heterocycles. The largest absolute Gasteiger partial charge is 0.336 e. The quantitative estimate of drug-likeness (QED) is 0.648. The second-order valence-electron chi connectivity index (χ2n) is 5.85. The Morgan fingerprint density at radius 1 is 1.05 bits per heavy atom. The lowest BCUT2D eigenvalue weighted by Gasteiger charge is -2.36. The van der Waals surface area contributed by atoms with Gasteiger partial charge in [-0.3, -0.25) is 14.4 Å². The van der Waals surface area contributed by atoms with E-state index < -0.39 is 11.1 Å². The summed E-state index contributed by atoms with van der Waals surface area (Å²) < 4.78 is 0. The van der Waals surface area contributed by atoms with Crippen molar-refractivity contribution in [1.29, 1.82) is 0 Å². The van der Waals surface area contributed by atoms with Crippen LogP contribution in [0.15, 0.2) is 27.8 Å². The van der Waals surface area contributed by atoms with E-state index in [0.717, 1.165) is 0 Å². The molecule has 22 heavy (non-hydrogen) atoms. The normalized spacial score (nSPS) is 22.0. The number of nitrogens with zero attached hydrogens (tertiary/aromatic N) is 1.